The first-order valence-electron chi connectivity index (χ1n) is 7.54. The van der Waals surface area contributed by atoms with E-state index in [9.17, 15) is 0 Å². The topological polar surface area (TPSA) is 120 Å². The molecule has 2 aromatic heterocycles. The molecule has 0 spiro atoms. The predicted octanol–water partition coefficient (Wildman–Crippen LogP) is 2.04. The van der Waals surface area contributed by atoms with Crippen LogP contribution in [-0.2, 0) is 17.9 Å². The van der Waals surface area contributed by atoms with E-state index < -0.39 is 5.97 Å². The molecule has 2 aromatic rings. The third kappa shape index (κ3) is 6.25. The predicted molar refractivity (Wildman–Crippen MR) is 91.7 cm³/mol. The van der Waals surface area contributed by atoms with E-state index in [1.165, 1.54) is 11.8 Å². The summed E-state index contributed by atoms with van der Waals surface area (Å²) >= 11 is 1.49. The van der Waals surface area contributed by atoms with Crippen molar-refractivity contribution >= 4 is 17.7 Å². The van der Waals surface area contributed by atoms with Gasteiger partial charge in [0.05, 0.1) is 17.9 Å². The zero-order valence-electron chi connectivity index (χ0n) is 14.6. The van der Waals surface area contributed by atoms with E-state index in [-0.39, 0.29) is 0 Å². The maximum Gasteiger partial charge on any atom is 0.300 e. The molecular formula is C15H24N6O2S. The average Bonchev–Trinajstić information content (AvgIpc) is 2.84. The molecule has 8 nitrogen and oxygen atoms in total. The summed E-state index contributed by atoms with van der Waals surface area (Å²) in [6.07, 6.45) is 1.77. The largest absolute Gasteiger partial charge is 0.481 e. The number of nitrogens with two attached hydrogens (primary N) is 1. The first-order valence-corrected chi connectivity index (χ1v) is 8.36. The molecular weight excluding hydrogens is 328 g/mol. The molecule has 3 N–H and O–H groups in total. The summed E-state index contributed by atoms with van der Waals surface area (Å²) in [5.74, 6) is 0.472. The van der Waals surface area contributed by atoms with Crippen molar-refractivity contribution in [1.29, 1.82) is 0 Å². The minimum absolute atomic E-state index is 0.388. The molecule has 0 amide bonds. The van der Waals surface area contributed by atoms with Gasteiger partial charge in [0.1, 0.15) is 10.9 Å². The number of aryl methyl sites for hydroxylation is 2. The fourth-order valence-electron chi connectivity index (χ4n) is 1.79. The average molecular weight is 352 g/mol. The Morgan fingerprint density at radius 3 is 2.54 bits per heavy atom. The fourth-order valence-corrected chi connectivity index (χ4v) is 2.73. The van der Waals surface area contributed by atoms with E-state index in [0.717, 1.165) is 40.9 Å². The zero-order chi connectivity index (χ0) is 18.3. The van der Waals surface area contributed by atoms with Gasteiger partial charge in [-0.2, -0.15) is 0 Å². The summed E-state index contributed by atoms with van der Waals surface area (Å²) in [4.78, 5) is 17.8. The van der Waals surface area contributed by atoms with Crippen LogP contribution in [-0.4, -0.2) is 35.8 Å². The second-order valence-corrected chi connectivity index (χ2v) is 6.59. The van der Waals surface area contributed by atoms with E-state index >= 15 is 0 Å². The minimum atomic E-state index is -0.833. The normalized spacial score (nSPS) is 10.5. The van der Waals surface area contributed by atoms with E-state index in [1.54, 1.807) is 6.20 Å². The minimum Gasteiger partial charge on any atom is -0.481 e. The van der Waals surface area contributed by atoms with Gasteiger partial charge in [-0.1, -0.05) is 13.8 Å². The number of rotatable bonds is 5. The summed E-state index contributed by atoms with van der Waals surface area (Å²) in [5.41, 5.74) is 7.52. The molecule has 0 atom stereocenters. The highest BCUT2D eigenvalue weighted by molar-refractivity contribution is 7.99. The van der Waals surface area contributed by atoms with Crippen LogP contribution in [0.2, 0.25) is 0 Å². The summed E-state index contributed by atoms with van der Waals surface area (Å²) in [5, 5.41) is 17.5. The van der Waals surface area contributed by atoms with Gasteiger partial charge in [0.2, 0.25) is 0 Å². The van der Waals surface area contributed by atoms with Crippen molar-refractivity contribution < 1.29 is 9.90 Å². The van der Waals surface area contributed by atoms with Crippen molar-refractivity contribution in [2.24, 2.45) is 11.7 Å². The number of aromatic nitrogens is 5. The molecule has 132 valence electrons. The van der Waals surface area contributed by atoms with Crippen LogP contribution in [0, 0.1) is 19.8 Å². The van der Waals surface area contributed by atoms with Crippen molar-refractivity contribution in [2.45, 2.75) is 57.9 Å². The molecule has 0 saturated heterocycles. The number of nitrogens with zero attached hydrogens (tertiary/aromatic N) is 5. The van der Waals surface area contributed by atoms with Gasteiger partial charge in [-0.25, -0.2) is 4.98 Å². The lowest BCUT2D eigenvalue weighted by Crippen LogP contribution is -2.13. The van der Waals surface area contributed by atoms with Crippen LogP contribution < -0.4 is 5.73 Å². The van der Waals surface area contributed by atoms with Gasteiger partial charge in [-0.15, -0.1) is 10.2 Å². The van der Waals surface area contributed by atoms with Crippen molar-refractivity contribution in [3.63, 3.8) is 0 Å². The van der Waals surface area contributed by atoms with E-state index in [4.69, 9.17) is 15.6 Å². The van der Waals surface area contributed by atoms with Gasteiger partial charge in [-0.3, -0.25) is 9.78 Å². The maximum absolute atomic E-state index is 9.00. The Labute approximate surface area is 145 Å². The smallest absolute Gasteiger partial charge is 0.300 e. The highest BCUT2D eigenvalue weighted by Crippen LogP contribution is 2.27. The van der Waals surface area contributed by atoms with Gasteiger partial charge in [0, 0.05) is 19.7 Å². The van der Waals surface area contributed by atoms with Gasteiger partial charge in [-0.05, 0) is 31.5 Å². The van der Waals surface area contributed by atoms with E-state index in [2.05, 4.69) is 38.6 Å². The molecule has 0 saturated carbocycles. The molecule has 0 aromatic carbocycles. The third-order valence-electron chi connectivity index (χ3n) is 2.74. The number of carboxylic acid groups (broad SMARTS) is 1. The Bertz CT molecular complexity index is 683. The van der Waals surface area contributed by atoms with Crippen molar-refractivity contribution in [3.05, 3.63) is 23.4 Å². The highest BCUT2D eigenvalue weighted by atomic mass is 32.2. The Morgan fingerprint density at radius 1 is 1.38 bits per heavy atom. The number of carbonyl (C=O) groups is 1. The van der Waals surface area contributed by atoms with Gasteiger partial charge >= 0.3 is 0 Å². The van der Waals surface area contributed by atoms with E-state index in [0.29, 0.717) is 12.5 Å². The van der Waals surface area contributed by atoms with Crippen LogP contribution in [0.4, 0.5) is 0 Å². The summed E-state index contributed by atoms with van der Waals surface area (Å²) < 4.78 is 2.07. The number of aliphatic carboxylic acids is 1. The molecule has 0 aliphatic carbocycles. The second kappa shape index (κ2) is 9.33. The molecule has 0 bridgehead atoms. The summed E-state index contributed by atoms with van der Waals surface area (Å²) in [6.45, 7) is 10.5. The van der Waals surface area contributed by atoms with Crippen molar-refractivity contribution in [3.8, 4) is 0 Å². The Kier molecular flexibility index (Phi) is 7.80. The standard InChI is InChI=1S/C13H20N6S.C2H4O2/c1-8(2)7-19-11(5-14)17-18-13(19)20-12-10(4)15-6-9(3)16-12;1-2(3)4/h6,8H,5,7,14H2,1-4H3;1H3,(H,3,4). The van der Waals surface area contributed by atoms with Crippen molar-refractivity contribution in [2.75, 3.05) is 0 Å². The Hall–Kier alpha value is -2.00. The second-order valence-electron chi connectivity index (χ2n) is 5.63. The van der Waals surface area contributed by atoms with Gasteiger partial charge in [0.25, 0.3) is 5.97 Å². The molecule has 2 rings (SSSR count). The maximum atomic E-state index is 9.00. The van der Waals surface area contributed by atoms with Crippen LogP contribution in [0.5, 0.6) is 0 Å². The highest BCUT2D eigenvalue weighted by Gasteiger charge is 2.15. The SMILES string of the molecule is CC(=O)O.Cc1cnc(C)c(Sc2nnc(CN)n2CC(C)C)n1. The Balaban J connectivity index is 0.000000648. The first kappa shape index (κ1) is 20.0. The van der Waals surface area contributed by atoms with E-state index in [1.807, 2.05) is 13.8 Å². The lowest BCUT2D eigenvalue weighted by molar-refractivity contribution is -0.134. The number of hydrogen-bond donors (Lipinski definition) is 2. The molecule has 0 fully saturated rings. The lowest BCUT2D eigenvalue weighted by atomic mass is 10.2. The molecule has 0 radical (unpaired) electrons. The van der Waals surface area contributed by atoms with Crippen LogP contribution in [0.25, 0.3) is 0 Å². The van der Waals surface area contributed by atoms with Crippen LogP contribution in [0.15, 0.2) is 16.4 Å². The Morgan fingerprint density at radius 2 is 2.00 bits per heavy atom. The molecule has 2 heterocycles. The zero-order valence-corrected chi connectivity index (χ0v) is 15.5. The quantitative estimate of drug-likeness (QED) is 0.839. The number of hydrogen-bond acceptors (Lipinski definition) is 7. The molecule has 0 aliphatic heterocycles. The first-order chi connectivity index (χ1) is 11.2. The van der Waals surface area contributed by atoms with Gasteiger partial charge in [0.15, 0.2) is 5.16 Å². The molecule has 0 unspecified atom stereocenters. The summed E-state index contributed by atoms with van der Waals surface area (Å²) in [6, 6.07) is 0. The van der Waals surface area contributed by atoms with Crippen LogP contribution >= 0.6 is 11.8 Å². The third-order valence-corrected chi connectivity index (χ3v) is 3.81. The molecule has 0 aliphatic rings. The van der Waals surface area contributed by atoms with Crippen LogP contribution in [0.1, 0.15) is 38.0 Å². The fraction of sp³-hybridized carbons (Fsp3) is 0.533. The summed E-state index contributed by atoms with van der Waals surface area (Å²) in [7, 11) is 0. The lowest BCUT2D eigenvalue weighted by Gasteiger charge is -2.11. The van der Waals surface area contributed by atoms with Gasteiger partial charge < -0.3 is 15.4 Å². The monoisotopic (exact) mass is 352 g/mol. The van der Waals surface area contributed by atoms with Crippen LogP contribution in [0.3, 0.4) is 0 Å². The van der Waals surface area contributed by atoms with Crippen molar-refractivity contribution in [1.82, 2.24) is 24.7 Å². The molecule has 24 heavy (non-hydrogen) atoms. The molecule has 9 heteroatoms. The number of carboxylic acids is 1.